The van der Waals surface area contributed by atoms with Crippen LogP contribution in [0.15, 0.2) is 52.4 Å². The van der Waals surface area contributed by atoms with E-state index in [0.717, 1.165) is 22.4 Å². The fourth-order valence-corrected chi connectivity index (χ4v) is 7.04. The Bertz CT molecular complexity index is 2140. The number of amides is 1. The van der Waals surface area contributed by atoms with Crippen LogP contribution in [0.1, 0.15) is 38.4 Å². The van der Waals surface area contributed by atoms with Crippen LogP contribution < -0.4 is 15.5 Å². The van der Waals surface area contributed by atoms with E-state index >= 15 is 8.78 Å². The number of carbonyl (C=O) groups is 2. The fourth-order valence-electron chi connectivity index (χ4n) is 5.40. The first kappa shape index (κ1) is 31.4. The molecule has 0 aliphatic carbocycles. The number of carbonyl (C=O) groups excluding carboxylic acids is 1. The molecule has 4 N–H and O–H groups in total. The zero-order valence-corrected chi connectivity index (χ0v) is 25.3. The van der Waals surface area contributed by atoms with Gasteiger partial charge in [-0.15, -0.1) is 0 Å². The summed E-state index contributed by atoms with van der Waals surface area (Å²) in [6.07, 6.45) is 2.31. The summed E-state index contributed by atoms with van der Waals surface area (Å²) in [6.45, 7) is 4.21. The van der Waals surface area contributed by atoms with Crippen molar-refractivity contribution in [2.24, 2.45) is 7.05 Å². The maximum atomic E-state index is 15.7. The predicted molar refractivity (Wildman–Crippen MR) is 161 cm³/mol. The molecule has 2 aromatic carbocycles. The minimum Gasteiger partial charge on any atom is -0.480 e. The first-order valence-electron chi connectivity index (χ1n) is 13.6. The quantitative estimate of drug-likeness (QED) is 0.191. The molecule has 0 aliphatic rings. The number of aromatic nitrogens is 4. The number of hydrogen-bond donors (Lipinski definition) is 4. The second-order valence-electron chi connectivity index (χ2n) is 10.7. The van der Waals surface area contributed by atoms with Gasteiger partial charge in [0.1, 0.15) is 28.8 Å². The van der Waals surface area contributed by atoms with E-state index in [-0.39, 0.29) is 28.2 Å². The van der Waals surface area contributed by atoms with Crippen molar-refractivity contribution in [3.8, 4) is 0 Å². The molecule has 3 heterocycles. The van der Waals surface area contributed by atoms with Crippen molar-refractivity contribution in [1.29, 1.82) is 0 Å². The lowest BCUT2D eigenvalue weighted by Crippen LogP contribution is -2.49. The number of fused-ring (bicyclic) bond motifs is 2. The fraction of sp³-hybridized carbons (Fsp3) is 0.233. The maximum Gasteiger partial charge on any atom is 0.323 e. The summed E-state index contributed by atoms with van der Waals surface area (Å²) in [5.74, 6) is -4.45. The maximum absolute atomic E-state index is 15.7. The van der Waals surface area contributed by atoms with Crippen molar-refractivity contribution in [2.45, 2.75) is 38.1 Å². The van der Waals surface area contributed by atoms with Gasteiger partial charge in [-0.2, -0.15) is 4.72 Å². The van der Waals surface area contributed by atoms with Gasteiger partial charge >= 0.3 is 5.97 Å². The van der Waals surface area contributed by atoms with Gasteiger partial charge in [-0.1, -0.05) is 17.7 Å². The number of aryl methyl sites for hydroxylation is 4. The number of hydrogen-bond acceptors (Lipinski definition) is 7. The molecule has 12 nitrogen and oxygen atoms in total. The Labute approximate surface area is 255 Å². The summed E-state index contributed by atoms with van der Waals surface area (Å²) in [4.78, 5) is 49.4. The summed E-state index contributed by atoms with van der Waals surface area (Å²) < 4.78 is 60.3. The highest BCUT2D eigenvalue weighted by molar-refractivity contribution is 7.89. The van der Waals surface area contributed by atoms with Crippen molar-refractivity contribution >= 4 is 44.0 Å². The number of nitrogens with one attached hydrogen (secondary N) is 3. The van der Waals surface area contributed by atoms with Gasteiger partial charge in [-0.3, -0.25) is 14.4 Å². The number of rotatable bonds is 9. The lowest BCUT2D eigenvalue weighted by atomic mass is 10.0. The van der Waals surface area contributed by atoms with Crippen LogP contribution in [0, 0.1) is 32.4 Å². The summed E-state index contributed by atoms with van der Waals surface area (Å²) in [5, 5.41) is 11.5. The summed E-state index contributed by atoms with van der Waals surface area (Å²) >= 11 is 0. The Morgan fingerprint density at radius 1 is 1.13 bits per heavy atom. The summed E-state index contributed by atoms with van der Waals surface area (Å²) in [5.41, 5.74) is 0.434. The van der Waals surface area contributed by atoms with E-state index in [9.17, 15) is 27.9 Å². The number of benzene rings is 2. The molecule has 1 unspecified atom stereocenters. The lowest BCUT2D eigenvalue weighted by molar-refractivity contribution is -0.138. The predicted octanol–water partition coefficient (Wildman–Crippen LogP) is 2.77. The topological polar surface area (TPSA) is 176 Å². The number of halogens is 2. The molecule has 3 aromatic heterocycles. The van der Waals surface area contributed by atoms with Gasteiger partial charge in [-0.25, -0.2) is 27.2 Å². The van der Waals surface area contributed by atoms with Crippen LogP contribution >= 0.6 is 0 Å². The van der Waals surface area contributed by atoms with Crippen molar-refractivity contribution in [3.05, 3.63) is 98.2 Å². The normalized spacial score (nSPS) is 12.5. The average Bonchev–Trinajstić information content (AvgIpc) is 3.36. The third kappa shape index (κ3) is 6.04. The van der Waals surface area contributed by atoms with Crippen molar-refractivity contribution in [2.75, 3.05) is 6.54 Å². The number of aliphatic carboxylic acids is 1. The molecule has 15 heteroatoms. The van der Waals surface area contributed by atoms with Crippen LogP contribution in [0.2, 0.25) is 0 Å². The second kappa shape index (κ2) is 11.8. The SMILES string of the molecule is Cc1cc(C)c(S(=O)(=O)NC(CNC(=O)c2cn(C)c3c(F)c(Cc4nc5cccnc5[nH]4)c(F)cc3c2=O)C(=O)O)c(C)c1. The number of imidazole rings is 1. The number of aromatic amines is 1. The molecule has 45 heavy (non-hydrogen) atoms. The van der Waals surface area contributed by atoms with E-state index in [2.05, 4.69) is 25.0 Å². The van der Waals surface area contributed by atoms with Crippen molar-refractivity contribution in [3.63, 3.8) is 0 Å². The van der Waals surface area contributed by atoms with Gasteiger partial charge in [-0.05, 0) is 50.1 Å². The molecule has 0 aliphatic heterocycles. The summed E-state index contributed by atoms with van der Waals surface area (Å²) in [6, 6.07) is 5.66. The second-order valence-corrected chi connectivity index (χ2v) is 12.4. The average molecular weight is 639 g/mol. The molecule has 0 saturated heterocycles. The highest BCUT2D eigenvalue weighted by Gasteiger charge is 2.29. The first-order valence-corrected chi connectivity index (χ1v) is 15.1. The van der Waals surface area contributed by atoms with Crippen LogP contribution in [0.3, 0.4) is 0 Å². The molecule has 1 amide bonds. The summed E-state index contributed by atoms with van der Waals surface area (Å²) in [7, 11) is -2.97. The third-order valence-electron chi connectivity index (χ3n) is 7.28. The minimum absolute atomic E-state index is 0.0884. The van der Waals surface area contributed by atoms with Crippen LogP contribution in [0.25, 0.3) is 22.1 Å². The highest BCUT2D eigenvalue weighted by Crippen LogP contribution is 2.25. The van der Waals surface area contributed by atoms with Crippen molar-refractivity contribution < 1.29 is 31.9 Å². The Morgan fingerprint density at radius 3 is 2.47 bits per heavy atom. The molecule has 0 radical (unpaired) electrons. The number of H-pyrrole nitrogens is 1. The highest BCUT2D eigenvalue weighted by atomic mass is 32.2. The number of carboxylic acids is 1. The number of nitrogens with zero attached hydrogens (tertiary/aromatic N) is 3. The Morgan fingerprint density at radius 2 is 1.82 bits per heavy atom. The molecular formula is C30H28F2N6O6S. The molecule has 0 spiro atoms. The van der Waals surface area contributed by atoms with E-state index in [0.29, 0.717) is 22.3 Å². The lowest BCUT2D eigenvalue weighted by Gasteiger charge is -2.18. The van der Waals surface area contributed by atoms with Crippen LogP contribution in [0.5, 0.6) is 0 Å². The molecule has 5 rings (SSSR count). The van der Waals surface area contributed by atoms with E-state index in [4.69, 9.17) is 0 Å². The Balaban J connectivity index is 1.40. The van der Waals surface area contributed by atoms with Gasteiger partial charge in [0.05, 0.1) is 15.8 Å². The van der Waals surface area contributed by atoms with Gasteiger partial charge in [0.15, 0.2) is 11.5 Å². The van der Waals surface area contributed by atoms with E-state index in [1.165, 1.54) is 7.05 Å². The monoisotopic (exact) mass is 638 g/mol. The number of pyridine rings is 2. The molecule has 0 saturated carbocycles. The van der Waals surface area contributed by atoms with Gasteiger partial charge in [0.25, 0.3) is 5.91 Å². The van der Waals surface area contributed by atoms with Gasteiger partial charge in [0.2, 0.25) is 15.5 Å². The largest absolute Gasteiger partial charge is 0.480 e. The number of sulfonamides is 1. The minimum atomic E-state index is -4.32. The Hall–Kier alpha value is -5.02. The molecule has 234 valence electrons. The molecule has 0 fully saturated rings. The molecular weight excluding hydrogens is 610 g/mol. The van der Waals surface area contributed by atoms with E-state index < -0.39 is 62.5 Å². The van der Waals surface area contributed by atoms with E-state index in [1.807, 2.05) is 0 Å². The molecule has 1 atom stereocenters. The zero-order chi connectivity index (χ0) is 32.8. The Kier molecular flexibility index (Phi) is 8.25. The van der Waals surface area contributed by atoms with Gasteiger partial charge < -0.3 is 20.0 Å². The van der Waals surface area contributed by atoms with Crippen LogP contribution in [-0.2, 0) is 28.3 Å². The van der Waals surface area contributed by atoms with Crippen LogP contribution in [-0.4, -0.2) is 57.5 Å². The number of carboxylic acid groups (broad SMARTS) is 1. The standard InChI is InChI=1S/C30H28F2N6O6S/c1-14-8-15(2)27(16(3)9-14)45(43,44)37-22(30(41)42)12-34-29(40)19-13-38(4)25-18(26(19)39)10-20(31)17(24(25)32)11-23-35-21-6-5-7-33-28(21)36-23/h5-10,13,22,37H,11-12H2,1-4H3,(H,34,40)(H,41,42)(H,33,35,36). The molecule has 0 bridgehead atoms. The van der Waals surface area contributed by atoms with Crippen LogP contribution in [0.4, 0.5) is 8.78 Å². The van der Waals surface area contributed by atoms with Gasteiger partial charge in [0, 0.05) is 38.0 Å². The zero-order valence-electron chi connectivity index (χ0n) is 24.5. The van der Waals surface area contributed by atoms with Crippen molar-refractivity contribution in [1.82, 2.24) is 29.6 Å². The third-order valence-corrected chi connectivity index (χ3v) is 9.06. The smallest absolute Gasteiger partial charge is 0.323 e. The first-order chi connectivity index (χ1) is 21.2. The molecule has 5 aromatic rings. The van der Waals surface area contributed by atoms with E-state index in [1.54, 1.807) is 51.2 Å².